The molecule has 0 saturated heterocycles. The van der Waals surface area contributed by atoms with E-state index in [1.807, 2.05) is 67.6 Å². The molecule has 1 aliphatic rings. The predicted molar refractivity (Wildman–Crippen MR) is 72.7 cm³/mol. The number of azo groups is 1. The van der Waals surface area contributed by atoms with E-state index in [1.165, 1.54) is 0 Å². The molecule has 0 bridgehead atoms. The highest BCUT2D eigenvalue weighted by atomic mass is 16.2. The summed E-state index contributed by atoms with van der Waals surface area (Å²) in [5.74, 6) is -0.440. The van der Waals surface area contributed by atoms with Crippen LogP contribution >= 0.6 is 0 Å². The standard InChI is InChI=1S/C16H14N2O/c1-12-15(19)17-18-16(12,13-8-4-2-5-9-13)14-10-6-3-7-11-14/h2-12H,1H3. The summed E-state index contributed by atoms with van der Waals surface area (Å²) in [6, 6.07) is 19.8. The molecule has 2 aromatic rings. The largest absolute Gasteiger partial charge is 0.270 e. The fourth-order valence-electron chi connectivity index (χ4n) is 2.65. The molecule has 3 rings (SSSR count). The second-order valence-corrected chi connectivity index (χ2v) is 4.76. The van der Waals surface area contributed by atoms with Crippen LogP contribution in [0.15, 0.2) is 70.9 Å². The zero-order chi connectivity index (χ0) is 13.3. The lowest BCUT2D eigenvalue weighted by atomic mass is 9.75. The van der Waals surface area contributed by atoms with E-state index in [2.05, 4.69) is 10.2 Å². The summed E-state index contributed by atoms with van der Waals surface area (Å²) in [4.78, 5) is 11.9. The van der Waals surface area contributed by atoms with Crippen LogP contribution in [0.4, 0.5) is 0 Å². The van der Waals surface area contributed by atoms with Gasteiger partial charge in [0.05, 0.1) is 5.92 Å². The molecule has 0 spiro atoms. The highest BCUT2D eigenvalue weighted by Crippen LogP contribution is 2.44. The summed E-state index contributed by atoms with van der Waals surface area (Å²) >= 11 is 0. The van der Waals surface area contributed by atoms with E-state index >= 15 is 0 Å². The average molecular weight is 250 g/mol. The maximum atomic E-state index is 11.9. The first-order chi connectivity index (χ1) is 9.25. The Morgan fingerprint density at radius 1 is 0.895 bits per heavy atom. The minimum absolute atomic E-state index is 0.160. The monoisotopic (exact) mass is 250 g/mol. The van der Waals surface area contributed by atoms with Crippen molar-refractivity contribution >= 4 is 5.91 Å². The van der Waals surface area contributed by atoms with Crippen LogP contribution in [-0.2, 0) is 10.3 Å². The van der Waals surface area contributed by atoms with E-state index in [4.69, 9.17) is 0 Å². The molecule has 1 heterocycles. The van der Waals surface area contributed by atoms with Gasteiger partial charge in [0.25, 0.3) is 5.91 Å². The summed E-state index contributed by atoms with van der Waals surface area (Å²) < 4.78 is 0. The van der Waals surface area contributed by atoms with Crippen LogP contribution in [0.5, 0.6) is 0 Å². The third-order valence-corrected chi connectivity index (χ3v) is 3.73. The topological polar surface area (TPSA) is 41.8 Å². The van der Waals surface area contributed by atoms with Gasteiger partial charge in [0.1, 0.15) is 5.54 Å². The van der Waals surface area contributed by atoms with Crippen molar-refractivity contribution in [3.63, 3.8) is 0 Å². The molecule has 19 heavy (non-hydrogen) atoms. The zero-order valence-electron chi connectivity index (χ0n) is 10.7. The van der Waals surface area contributed by atoms with Gasteiger partial charge in [0.2, 0.25) is 0 Å². The second-order valence-electron chi connectivity index (χ2n) is 4.76. The average Bonchev–Trinajstić information content (AvgIpc) is 2.78. The van der Waals surface area contributed by atoms with Crippen molar-refractivity contribution in [2.45, 2.75) is 12.5 Å². The number of carbonyl (C=O) groups excluding carboxylic acids is 1. The molecule has 1 unspecified atom stereocenters. The van der Waals surface area contributed by atoms with Crippen molar-refractivity contribution in [3.05, 3.63) is 71.8 Å². The summed E-state index contributed by atoms with van der Waals surface area (Å²) in [6.07, 6.45) is 0. The first-order valence-electron chi connectivity index (χ1n) is 6.33. The lowest BCUT2D eigenvalue weighted by molar-refractivity contribution is -0.120. The van der Waals surface area contributed by atoms with Gasteiger partial charge in [-0.3, -0.25) is 4.79 Å². The van der Waals surface area contributed by atoms with E-state index in [-0.39, 0.29) is 11.8 Å². The molecule has 3 heteroatoms. The molecule has 0 fully saturated rings. The highest BCUT2D eigenvalue weighted by Gasteiger charge is 2.47. The Kier molecular flexibility index (Phi) is 2.75. The van der Waals surface area contributed by atoms with Gasteiger partial charge in [0.15, 0.2) is 0 Å². The number of hydrogen-bond acceptors (Lipinski definition) is 2. The smallest absolute Gasteiger partial charge is 0.270 e. The van der Waals surface area contributed by atoms with Gasteiger partial charge in [0, 0.05) is 0 Å². The number of carbonyl (C=O) groups is 1. The molecule has 1 amide bonds. The van der Waals surface area contributed by atoms with Crippen LogP contribution in [0, 0.1) is 5.92 Å². The molecule has 94 valence electrons. The van der Waals surface area contributed by atoms with Gasteiger partial charge in [-0.2, -0.15) is 5.11 Å². The quantitative estimate of drug-likeness (QED) is 0.803. The Morgan fingerprint density at radius 3 is 1.74 bits per heavy atom. The Hall–Kier alpha value is -2.29. The molecular formula is C16H14N2O. The van der Waals surface area contributed by atoms with Crippen LogP contribution in [0.1, 0.15) is 18.1 Å². The molecular weight excluding hydrogens is 236 g/mol. The van der Waals surface area contributed by atoms with E-state index < -0.39 is 5.54 Å². The molecule has 0 radical (unpaired) electrons. The zero-order valence-corrected chi connectivity index (χ0v) is 10.7. The summed E-state index contributed by atoms with van der Waals surface area (Å²) in [5.41, 5.74) is 1.33. The van der Waals surface area contributed by atoms with Crippen molar-refractivity contribution < 1.29 is 4.79 Å². The molecule has 0 N–H and O–H groups in total. The van der Waals surface area contributed by atoms with Crippen LogP contribution < -0.4 is 0 Å². The molecule has 0 aliphatic carbocycles. The van der Waals surface area contributed by atoms with Gasteiger partial charge in [-0.05, 0) is 11.1 Å². The minimum atomic E-state index is -0.681. The van der Waals surface area contributed by atoms with Gasteiger partial charge in [-0.15, -0.1) is 5.11 Å². The predicted octanol–water partition coefficient (Wildman–Crippen LogP) is 3.56. The van der Waals surface area contributed by atoms with Crippen LogP contribution in [0.3, 0.4) is 0 Å². The number of hydrogen-bond donors (Lipinski definition) is 0. The normalized spacial score (nSPS) is 20.7. The number of rotatable bonds is 2. The van der Waals surface area contributed by atoms with Crippen molar-refractivity contribution in [1.29, 1.82) is 0 Å². The first-order valence-corrected chi connectivity index (χ1v) is 6.33. The van der Waals surface area contributed by atoms with Crippen molar-refractivity contribution in [2.75, 3.05) is 0 Å². The van der Waals surface area contributed by atoms with Gasteiger partial charge in [-0.1, -0.05) is 67.6 Å². The lowest BCUT2D eigenvalue weighted by Crippen LogP contribution is -2.32. The van der Waals surface area contributed by atoms with Crippen molar-refractivity contribution in [3.8, 4) is 0 Å². The summed E-state index contributed by atoms with van der Waals surface area (Å²) in [7, 11) is 0. The SMILES string of the molecule is CC1C(=O)N=NC1(c1ccccc1)c1ccccc1. The first kappa shape index (κ1) is 11.8. The fraction of sp³-hybridized carbons (Fsp3) is 0.188. The Morgan fingerprint density at radius 2 is 1.37 bits per heavy atom. The molecule has 0 saturated carbocycles. The van der Waals surface area contributed by atoms with Gasteiger partial charge in [-0.25, -0.2) is 0 Å². The second kappa shape index (κ2) is 4.43. The number of nitrogens with zero attached hydrogens (tertiary/aromatic N) is 2. The fourth-order valence-corrected chi connectivity index (χ4v) is 2.65. The Balaban J connectivity index is 2.24. The molecule has 1 atom stereocenters. The van der Waals surface area contributed by atoms with Crippen LogP contribution in [0.2, 0.25) is 0 Å². The Labute approximate surface area is 112 Å². The molecule has 1 aliphatic heterocycles. The minimum Gasteiger partial charge on any atom is -0.270 e. The lowest BCUT2D eigenvalue weighted by Gasteiger charge is -2.29. The van der Waals surface area contributed by atoms with E-state index in [0.717, 1.165) is 11.1 Å². The van der Waals surface area contributed by atoms with E-state index in [9.17, 15) is 4.79 Å². The highest BCUT2D eigenvalue weighted by molar-refractivity contribution is 5.83. The summed E-state index contributed by atoms with van der Waals surface area (Å²) in [5, 5.41) is 8.15. The van der Waals surface area contributed by atoms with Crippen molar-refractivity contribution in [2.24, 2.45) is 16.1 Å². The van der Waals surface area contributed by atoms with Crippen molar-refractivity contribution in [1.82, 2.24) is 0 Å². The summed E-state index contributed by atoms with van der Waals surface area (Å²) in [6.45, 7) is 1.89. The van der Waals surface area contributed by atoms with Gasteiger partial charge < -0.3 is 0 Å². The van der Waals surface area contributed by atoms with Crippen LogP contribution in [0.25, 0.3) is 0 Å². The van der Waals surface area contributed by atoms with E-state index in [1.54, 1.807) is 0 Å². The Bertz CT molecular complexity index is 580. The number of amides is 1. The van der Waals surface area contributed by atoms with Crippen LogP contribution in [-0.4, -0.2) is 5.91 Å². The maximum absolute atomic E-state index is 11.9. The molecule has 0 aromatic heterocycles. The molecule has 2 aromatic carbocycles. The molecule has 3 nitrogen and oxygen atoms in total. The maximum Gasteiger partial charge on any atom is 0.270 e. The number of benzene rings is 2. The van der Waals surface area contributed by atoms with Gasteiger partial charge >= 0.3 is 0 Å². The van der Waals surface area contributed by atoms with E-state index in [0.29, 0.717) is 0 Å². The third kappa shape index (κ3) is 1.70. The third-order valence-electron chi connectivity index (χ3n) is 3.73.